The molecule has 8 heteroatoms. The summed E-state index contributed by atoms with van der Waals surface area (Å²) in [7, 11) is 0. The largest absolute Gasteiger partial charge is 0.490 e. The number of amides is 1. The van der Waals surface area contributed by atoms with Crippen molar-refractivity contribution in [3.8, 4) is 11.5 Å². The number of carbonyl (C=O) groups is 2. The SMILES string of the molecule is CCOc1ccc(NC(=O)COC(=O)c2cc(=O)[nH]c3ccccc23)cc1OCC. The predicted molar refractivity (Wildman–Crippen MR) is 112 cm³/mol. The molecular formula is C22H22N2O6. The van der Waals surface area contributed by atoms with Crippen molar-refractivity contribution in [3.63, 3.8) is 0 Å². The van der Waals surface area contributed by atoms with Crippen molar-refractivity contribution in [3.05, 3.63) is 64.4 Å². The molecular weight excluding hydrogens is 388 g/mol. The van der Waals surface area contributed by atoms with E-state index in [1.807, 2.05) is 13.8 Å². The van der Waals surface area contributed by atoms with Crippen LogP contribution in [0.1, 0.15) is 24.2 Å². The van der Waals surface area contributed by atoms with E-state index in [1.165, 1.54) is 0 Å². The highest BCUT2D eigenvalue weighted by Gasteiger charge is 2.15. The lowest BCUT2D eigenvalue weighted by Gasteiger charge is -2.13. The predicted octanol–water partition coefficient (Wildman–Crippen LogP) is 3.12. The Morgan fingerprint density at radius 1 is 0.967 bits per heavy atom. The van der Waals surface area contributed by atoms with Crippen LogP contribution in [0, 0.1) is 0 Å². The number of nitrogens with one attached hydrogen (secondary N) is 2. The molecule has 0 aliphatic rings. The first-order chi connectivity index (χ1) is 14.5. The lowest BCUT2D eigenvalue weighted by molar-refractivity contribution is -0.119. The third kappa shape index (κ3) is 4.96. The Kier molecular flexibility index (Phi) is 6.69. The molecule has 2 N–H and O–H groups in total. The zero-order valence-corrected chi connectivity index (χ0v) is 16.7. The van der Waals surface area contributed by atoms with E-state index in [9.17, 15) is 14.4 Å². The third-order valence-electron chi connectivity index (χ3n) is 4.13. The van der Waals surface area contributed by atoms with Crippen LogP contribution in [0.25, 0.3) is 10.9 Å². The normalized spacial score (nSPS) is 10.5. The lowest BCUT2D eigenvalue weighted by Crippen LogP contribution is -2.22. The molecule has 0 bridgehead atoms. The summed E-state index contributed by atoms with van der Waals surface area (Å²) in [4.78, 5) is 39.1. The van der Waals surface area contributed by atoms with Crippen LogP contribution >= 0.6 is 0 Å². The van der Waals surface area contributed by atoms with Gasteiger partial charge in [-0.15, -0.1) is 0 Å². The molecule has 0 radical (unpaired) electrons. The molecule has 0 fully saturated rings. The number of hydrogen-bond donors (Lipinski definition) is 2. The number of hydrogen-bond acceptors (Lipinski definition) is 6. The summed E-state index contributed by atoms with van der Waals surface area (Å²) in [6.07, 6.45) is 0. The molecule has 0 aliphatic carbocycles. The first kappa shape index (κ1) is 20.9. The quantitative estimate of drug-likeness (QED) is 0.553. The second-order valence-corrected chi connectivity index (χ2v) is 6.24. The van der Waals surface area contributed by atoms with Crippen molar-refractivity contribution < 1.29 is 23.8 Å². The molecule has 2 aromatic carbocycles. The van der Waals surface area contributed by atoms with Crippen molar-refractivity contribution in [1.29, 1.82) is 0 Å². The second-order valence-electron chi connectivity index (χ2n) is 6.24. The molecule has 3 rings (SSSR count). The summed E-state index contributed by atoms with van der Waals surface area (Å²) in [6, 6.07) is 13.0. The van der Waals surface area contributed by atoms with E-state index in [1.54, 1.807) is 42.5 Å². The Morgan fingerprint density at radius 2 is 1.70 bits per heavy atom. The van der Waals surface area contributed by atoms with Gasteiger partial charge in [-0.05, 0) is 32.0 Å². The van der Waals surface area contributed by atoms with Crippen molar-refractivity contribution in [1.82, 2.24) is 4.98 Å². The molecule has 8 nitrogen and oxygen atoms in total. The molecule has 0 unspecified atom stereocenters. The molecule has 0 aliphatic heterocycles. The van der Waals surface area contributed by atoms with Crippen LogP contribution < -0.4 is 20.3 Å². The fourth-order valence-corrected chi connectivity index (χ4v) is 2.91. The first-order valence-corrected chi connectivity index (χ1v) is 9.50. The molecule has 0 saturated carbocycles. The fourth-order valence-electron chi connectivity index (χ4n) is 2.91. The molecule has 1 amide bonds. The van der Waals surface area contributed by atoms with E-state index in [4.69, 9.17) is 14.2 Å². The van der Waals surface area contributed by atoms with Crippen molar-refractivity contribution in [2.75, 3.05) is 25.1 Å². The third-order valence-corrected chi connectivity index (χ3v) is 4.13. The first-order valence-electron chi connectivity index (χ1n) is 9.50. The van der Waals surface area contributed by atoms with Gasteiger partial charge in [-0.1, -0.05) is 18.2 Å². The van der Waals surface area contributed by atoms with Gasteiger partial charge >= 0.3 is 5.97 Å². The molecule has 3 aromatic rings. The van der Waals surface area contributed by atoms with Crippen molar-refractivity contribution >= 4 is 28.5 Å². The van der Waals surface area contributed by atoms with E-state index in [-0.39, 0.29) is 5.56 Å². The zero-order valence-electron chi connectivity index (χ0n) is 16.7. The minimum Gasteiger partial charge on any atom is -0.490 e. The molecule has 1 aromatic heterocycles. The average molecular weight is 410 g/mol. The van der Waals surface area contributed by atoms with Gasteiger partial charge in [0.1, 0.15) is 0 Å². The number of benzene rings is 2. The van der Waals surface area contributed by atoms with Gasteiger partial charge in [0.15, 0.2) is 18.1 Å². The molecule has 30 heavy (non-hydrogen) atoms. The minimum absolute atomic E-state index is 0.0989. The fraction of sp³-hybridized carbons (Fsp3) is 0.227. The van der Waals surface area contributed by atoms with Gasteiger partial charge in [0.05, 0.1) is 18.8 Å². The number of esters is 1. The van der Waals surface area contributed by atoms with Crippen LogP contribution in [0.5, 0.6) is 11.5 Å². The highest BCUT2D eigenvalue weighted by Crippen LogP contribution is 2.30. The monoisotopic (exact) mass is 410 g/mol. The summed E-state index contributed by atoms with van der Waals surface area (Å²) >= 11 is 0. The molecule has 0 saturated heterocycles. The average Bonchev–Trinajstić information content (AvgIpc) is 2.73. The van der Waals surface area contributed by atoms with Crippen LogP contribution in [0.3, 0.4) is 0 Å². The maximum absolute atomic E-state index is 12.4. The van der Waals surface area contributed by atoms with Gasteiger partial charge in [-0.25, -0.2) is 4.79 Å². The Hall–Kier alpha value is -3.81. The Morgan fingerprint density at radius 3 is 2.47 bits per heavy atom. The van der Waals surface area contributed by atoms with E-state index < -0.39 is 24.0 Å². The molecule has 156 valence electrons. The van der Waals surface area contributed by atoms with E-state index in [2.05, 4.69) is 10.3 Å². The number of fused-ring (bicyclic) bond motifs is 1. The number of aromatic amines is 1. The smallest absolute Gasteiger partial charge is 0.339 e. The number of H-pyrrole nitrogens is 1. The van der Waals surface area contributed by atoms with Gasteiger partial charge in [0.2, 0.25) is 5.56 Å². The number of anilines is 1. The summed E-state index contributed by atoms with van der Waals surface area (Å²) in [5.74, 6) is -0.202. The van der Waals surface area contributed by atoms with E-state index in [0.29, 0.717) is 41.3 Å². The Balaban J connectivity index is 1.67. The Labute approximate surface area is 172 Å². The molecule has 1 heterocycles. The molecule has 0 atom stereocenters. The van der Waals surface area contributed by atoms with E-state index in [0.717, 1.165) is 6.07 Å². The lowest BCUT2D eigenvalue weighted by atomic mass is 10.1. The Bertz CT molecular complexity index is 1120. The number of para-hydroxylation sites is 1. The van der Waals surface area contributed by atoms with Gasteiger partial charge in [0.25, 0.3) is 5.91 Å². The number of pyridine rings is 1. The summed E-state index contributed by atoms with van der Waals surface area (Å²) < 4.78 is 16.1. The van der Waals surface area contributed by atoms with Gasteiger partial charge in [-0.3, -0.25) is 9.59 Å². The highest BCUT2D eigenvalue weighted by molar-refractivity contribution is 6.04. The summed E-state index contributed by atoms with van der Waals surface area (Å²) in [6.45, 7) is 4.14. The van der Waals surface area contributed by atoms with E-state index >= 15 is 0 Å². The number of aromatic nitrogens is 1. The van der Waals surface area contributed by atoms with Gasteiger partial charge in [-0.2, -0.15) is 0 Å². The summed E-state index contributed by atoms with van der Waals surface area (Å²) in [5.41, 5.74) is 0.661. The number of carbonyl (C=O) groups excluding carboxylic acids is 2. The second kappa shape index (κ2) is 9.60. The maximum Gasteiger partial charge on any atom is 0.339 e. The zero-order chi connectivity index (χ0) is 21.5. The molecule has 0 spiro atoms. The number of ether oxygens (including phenoxy) is 3. The van der Waals surface area contributed by atoms with Crippen molar-refractivity contribution in [2.24, 2.45) is 0 Å². The summed E-state index contributed by atoms with van der Waals surface area (Å²) in [5, 5.41) is 3.18. The van der Waals surface area contributed by atoms with Crippen LogP contribution in [0.2, 0.25) is 0 Å². The van der Waals surface area contributed by atoms with Crippen molar-refractivity contribution in [2.45, 2.75) is 13.8 Å². The topological polar surface area (TPSA) is 107 Å². The maximum atomic E-state index is 12.4. The van der Waals surface area contributed by atoms with Crippen LogP contribution in [0.4, 0.5) is 5.69 Å². The van der Waals surface area contributed by atoms with Crippen LogP contribution in [-0.2, 0) is 9.53 Å². The highest BCUT2D eigenvalue weighted by atomic mass is 16.5. The van der Waals surface area contributed by atoms with Gasteiger partial charge < -0.3 is 24.5 Å². The standard InChI is InChI=1S/C22H22N2O6/c1-3-28-18-10-9-14(11-19(18)29-4-2)23-21(26)13-30-22(27)16-12-20(25)24-17-8-6-5-7-15(16)17/h5-12H,3-4,13H2,1-2H3,(H,23,26)(H,24,25). The van der Waals surface area contributed by atoms with Crippen LogP contribution in [-0.4, -0.2) is 36.7 Å². The van der Waals surface area contributed by atoms with Crippen LogP contribution in [0.15, 0.2) is 53.3 Å². The minimum atomic E-state index is -0.755. The number of rotatable bonds is 8. The van der Waals surface area contributed by atoms with Gasteiger partial charge in [0, 0.05) is 28.7 Å².